The van der Waals surface area contributed by atoms with E-state index < -0.39 is 7.82 Å². The van der Waals surface area contributed by atoms with Crippen LogP contribution in [-0.2, 0) is 9.30 Å². The van der Waals surface area contributed by atoms with Crippen LogP contribution in [0.4, 0.5) is 0 Å². The van der Waals surface area contributed by atoms with Crippen molar-refractivity contribution < 1.29 is 178 Å². The van der Waals surface area contributed by atoms with Crippen molar-refractivity contribution in [2.45, 2.75) is 207 Å². The van der Waals surface area contributed by atoms with Crippen LogP contribution in [-0.4, -0.2) is 13.2 Å². The molecular formula is C36H74K3O5P. The second-order valence-corrected chi connectivity index (χ2v) is 13.8. The van der Waals surface area contributed by atoms with Crippen LogP contribution in [0.1, 0.15) is 207 Å². The maximum absolute atomic E-state index is 8.55. The number of hydrogen-bond donors (Lipinski definition) is 0. The normalized spacial score (nSPS) is 11.0. The quantitative estimate of drug-likeness (QED) is 0.0593. The first-order valence-corrected chi connectivity index (χ1v) is 20.0. The molecule has 5 nitrogen and oxygen atoms in total. The van der Waals surface area contributed by atoms with Gasteiger partial charge in [0.25, 0.3) is 0 Å². The molecule has 0 aromatic carbocycles. The van der Waals surface area contributed by atoms with Gasteiger partial charge in [0.15, 0.2) is 0 Å². The Bertz CT molecular complexity index is 479. The molecule has 0 N–H and O–H groups in total. The van der Waals surface area contributed by atoms with Crippen molar-refractivity contribution in [1.29, 1.82) is 0 Å². The topological polar surface area (TPSA) is 95.5 Å². The van der Waals surface area contributed by atoms with Crippen molar-refractivity contribution in [3.8, 4) is 0 Å². The van der Waals surface area contributed by atoms with Crippen LogP contribution in [0.5, 0.6) is 0 Å². The average molecular weight is 735 g/mol. The number of unbranched alkanes of at least 4 members (excludes halogenated alkanes) is 20. The summed E-state index contributed by atoms with van der Waals surface area (Å²) in [5, 5.41) is 0. The monoisotopic (exact) mass is 734 g/mol. The molecule has 0 aliphatic carbocycles. The van der Waals surface area contributed by atoms with Gasteiger partial charge in [0.2, 0.25) is 0 Å². The second kappa shape index (κ2) is 49.0. The first-order valence-electron chi connectivity index (χ1n) is 18.6. The Labute approximate surface area is 410 Å². The van der Waals surface area contributed by atoms with Crippen LogP contribution >= 0.6 is 7.82 Å². The van der Waals surface area contributed by atoms with Gasteiger partial charge in [-0.15, -0.1) is 0 Å². The van der Waals surface area contributed by atoms with Crippen molar-refractivity contribution in [2.75, 3.05) is 13.2 Å². The van der Waals surface area contributed by atoms with Crippen LogP contribution in [0.25, 0.3) is 0 Å². The molecule has 0 aliphatic rings. The predicted octanol–water partition coefficient (Wildman–Crippen LogP) is 1.43. The van der Waals surface area contributed by atoms with Crippen molar-refractivity contribution >= 4 is 7.82 Å². The summed E-state index contributed by atoms with van der Waals surface area (Å²) < 4.78 is 15.1. The van der Waals surface area contributed by atoms with E-state index in [0.717, 1.165) is 25.0 Å². The molecule has 0 saturated carbocycles. The van der Waals surface area contributed by atoms with Gasteiger partial charge in [0.05, 0.1) is 0 Å². The third-order valence-corrected chi connectivity index (χ3v) is 8.57. The predicted molar refractivity (Wildman–Crippen MR) is 177 cm³/mol. The largest absolute Gasteiger partial charge is 1.00 e. The zero-order chi connectivity index (χ0) is 31.6. The molecule has 0 fully saturated rings. The summed E-state index contributed by atoms with van der Waals surface area (Å²) >= 11 is 0. The molecule has 0 unspecified atom stereocenters. The molecule has 0 radical (unpaired) electrons. The zero-order valence-corrected chi connectivity index (χ0v) is 42.1. The van der Waals surface area contributed by atoms with E-state index in [2.05, 4.69) is 27.7 Å². The SMILES string of the molecule is CCCCCCCCC(CCCCCCCC)COCC(CCCCCCCC)CCCCCCCC.O=P([O-])([O-])[O-].[K+].[K+].[K+]. The van der Waals surface area contributed by atoms with Crippen LogP contribution in [0.3, 0.4) is 0 Å². The minimum Gasteiger partial charge on any atom is -0.822 e. The summed E-state index contributed by atoms with van der Waals surface area (Å²) in [5.41, 5.74) is 0. The van der Waals surface area contributed by atoms with Gasteiger partial charge in [-0.2, -0.15) is 7.82 Å². The Balaban J connectivity index is -0.000000613. The van der Waals surface area contributed by atoms with Crippen molar-refractivity contribution in [1.82, 2.24) is 0 Å². The molecular weight excluding hydrogens is 661 g/mol. The Morgan fingerprint density at radius 3 is 0.778 bits per heavy atom. The molecule has 0 aliphatic heterocycles. The van der Waals surface area contributed by atoms with E-state index in [-0.39, 0.29) is 154 Å². The Hall–Kier alpha value is 4.98. The number of hydrogen-bond acceptors (Lipinski definition) is 5. The fourth-order valence-corrected chi connectivity index (χ4v) is 5.88. The first kappa shape index (κ1) is 59.3. The number of rotatable bonds is 32. The van der Waals surface area contributed by atoms with Crippen LogP contribution in [0, 0.1) is 11.8 Å². The van der Waals surface area contributed by atoms with Crippen molar-refractivity contribution in [2.24, 2.45) is 11.8 Å². The minimum atomic E-state index is -5.39. The molecule has 0 aromatic heterocycles. The summed E-state index contributed by atoms with van der Waals surface area (Å²) in [6.45, 7) is 11.3. The molecule has 256 valence electrons. The fourth-order valence-electron chi connectivity index (χ4n) is 5.88. The molecule has 0 amide bonds. The Kier molecular flexibility index (Phi) is 64.5. The van der Waals surface area contributed by atoms with E-state index in [1.807, 2.05) is 0 Å². The molecule has 0 spiro atoms. The third kappa shape index (κ3) is 58.5. The van der Waals surface area contributed by atoms with E-state index >= 15 is 0 Å². The van der Waals surface area contributed by atoms with Crippen LogP contribution < -0.4 is 169 Å². The van der Waals surface area contributed by atoms with Gasteiger partial charge < -0.3 is 24.0 Å². The summed E-state index contributed by atoms with van der Waals surface area (Å²) in [6, 6.07) is 0. The molecule has 0 atom stereocenters. The van der Waals surface area contributed by atoms with E-state index in [9.17, 15) is 0 Å². The maximum Gasteiger partial charge on any atom is 1.00 e. The van der Waals surface area contributed by atoms with Gasteiger partial charge in [-0.05, 0) is 37.5 Å². The summed E-state index contributed by atoms with van der Waals surface area (Å²) in [5.74, 6) is 1.61. The van der Waals surface area contributed by atoms with Gasteiger partial charge in [-0.3, -0.25) is 0 Å². The Morgan fingerprint density at radius 2 is 0.578 bits per heavy atom. The molecule has 0 aromatic rings. The summed E-state index contributed by atoms with van der Waals surface area (Å²) in [6.07, 6.45) is 39.7. The van der Waals surface area contributed by atoms with E-state index in [4.69, 9.17) is 24.0 Å². The first-order chi connectivity index (χ1) is 20.3. The van der Waals surface area contributed by atoms with Gasteiger partial charge in [0, 0.05) is 13.2 Å². The number of ether oxygens (including phenoxy) is 1. The zero-order valence-electron chi connectivity index (χ0n) is 31.9. The smallest absolute Gasteiger partial charge is 0.822 e. The minimum absolute atomic E-state index is 0. The number of phosphoric acid groups is 1. The van der Waals surface area contributed by atoms with Crippen molar-refractivity contribution in [3.63, 3.8) is 0 Å². The van der Waals surface area contributed by atoms with Gasteiger partial charge in [-0.25, -0.2) is 0 Å². The molecule has 0 heterocycles. The second-order valence-electron chi connectivity index (χ2n) is 12.9. The molecule has 45 heavy (non-hydrogen) atoms. The fraction of sp³-hybridized carbons (Fsp3) is 1.00. The van der Waals surface area contributed by atoms with Crippen LogP contribution in [0.2, 0.25) is 0 Å². The molecule has 0 bridgehead atoms. The summed E-state index contributed by atoms with van der Waals surface area (Å²) in [4.78, 5) is 25.6. The third-order valence-electron chi connectivity index (χ3n) is 8.57. The molecule has 0 rings (SSSR count). The van der Waals surface area contributed by atoms with E-state index in [1.165, 1.54) is 180 Å². The van der Waals surface area contributed by atoms with Crippen molar-refractivity contribution in [3.05, 3.63) is 0 Å². The standard InChI is InChI=1S/C36H74O.3K.H3O4P/c1-5-9-13-17-21-25-29-35(30-26-22-18-14-10-6-2)33-37-34-36(31-27-23-19-15-11-7-3)32-28-24-20-16-12-8-4;;;;1-5(2,3)4/h35-36H,5-34H2,1-4H3;;;;(H3,1,2,3,4)/q;3*+1;/p-3. The molecule has 9 heteroatoms. The van der Waals surface area contributed by atoms with Gasteiger partial charge in [0.1, 0.15) is 0 Å². The Morgan fingerprint density at radius 1 is 0.400 bits per heavy atom. The van der Waals surface area contributed by atoms with E-state index in [0.29, 0.717) is 0 Å². The van der Waals surface area contributed by atoms with Crippen LogP contribution in [0.15, 0.2) is 0 Å². The maximum atomic E-state index is 8.55. The summed E-state index contributed by atoms with van der Waals surface area (Å²) in [7, 11) is -5.39. The van der Waals surface area contributed by atoms with Gasteiger partial charge in [-0.1, -0.05) is 182 Å². The molecule has 0 saturated heterocycles. The average Bonchev–Trinajstić information content (AvgIpc) is 2.94. The van der Waals surface area contributed by atoms with Gasteiger partial charge >= 0.3 is 154 Å². The van der Waals surface area contributed by atoms with E-state index in [1.54, 1.807) is 0 Å².